The van der Waals surface area contributed by atoms with Gasteiger partial charge in [0.15, 0.2) is 10.5 Å². The number of ether oxygens (including phenoxy) is 1. The fraction of sp³-hybridized carbons (Fsp3) is 0.368. The van der Waals surface area contributed by atoms with Crippen molar-refractivity contribution in [2.24, 2.45) is 12.0 Å². The van der Waals surface area contributed by atoms with Crippen LogP contribution in [0.2, 0.25) is 0 Å². The molecule has 2 heterocycles. The SMILES string of the molecule is CCCCc1ccc2c(c1)sc(=NC(=O)c1ccn(C)n1)n2CC(=O)OC. The number of methoxy groups -OCH3 is 1. The first-order chi connectivity index (χ1) is 13.0. The van der Waals surface area contributed by atoms with E-state index in [1.54, 1.807) is 28.6 Å². The van der Waals surface area contributed by atoms with E-state index >= 15 is 0 Å². The Bertz CT molecular complexity index is 1040. The summed E-state index contributed by atoms with van der Waals surface area (Å²) in [6, 6.07) is 7.76. The maximum Gasteiger partial charge on any atom is 0.325 e. The zero-order chi connectivity index (χ0) is 19.4. The van der Waals surface area contributed by atoms with Crippen LogP contribution >= 0.6 is 11.3 Å². The van der Waals surface area contributed by atoms with E-state index in [2.05, 4.69) is 29.1 Å². The molecule has 0 saturated carbocycles. The molecule has 1 aromatic carbocycles. The average Bonchev–Trinajstić information content (AvgIpc) is 3.23. The van der Waals surface area contributed by atoms with Crippen molar-refractivity contribution in [1.29, 1.82) is 0 Å². The number of rotatable bonds is 6. The fourth-order valence-corrected chi connectivity index (χ4v) is 3.85. The van der Waals surface area contributed by atoms with Gasteiger partial charge in [0.2, 0.25) is 0 Å². The van der Waals surface area contributed by atoms with Crippen LogP contribution in [0.25, 0.3) is 10.2 Å². The number of unbranched alkanes of at least 4 members (excludes halogenated alkanes) is 1. The van der Waals surface area contributed by atoms with Gasteiger partial charge in [0, 0.05) is 13.2 Å². The summed E-state index contributed by atoms with van der Waals surface area (Å²) >= 11 is 1.39. The molecular formula is C19H22N4O3S. The van der Waals surface area contributed by atoms with Crippen molar-refractivity contribution in [2.75, 3.05) is 7.11 Å². The Labute approximate surface area is 160 Å². The van der Waals surface area contributed by atoms with Gasteiger partial charge in [-0.15, -0.1) is 0 Å². The number of thiazole rings is 1. The van der Waals surface area contributed by atoms with Crippen molar-refractivity contribution < 1.29 is 14.3 Å². The number of hydrogen-bond acceptors (Lipinski definition) is 5. The Kier molecular flexibility index (Phi) is 5.85. The van der Waals surface area contributed by atoms with Gasteiger partial charge in [-0.2, -0.15) is 10.1 Å². The van der Waals surface area contributed by atoms with Gasteiger partial charge in [-0.1, -0.05) is 30.7 Å². The zero-order valence-electron chi connectivity index (χ0n) is 15.6. The number of amides is 1. The Balaban J connectivity index is 2.08. The number of fused-ring (bicyclic) bond motifs is 1. The van der Waals surface area contributed by atoms with Gasteiger partial charge in [-0.25, -0.2) is 0 Å². The van der Waals surface area contributed by atoms with E-state index in [0.29, 0.717) is 4.80 Å². The van der Waals surface area contributed by atoms with Crippen molar-refractivity contribution in [3.63, 3.8) is 0 Å². The normalized spacial score (nSPS) is 11.9. The highest BCUT2D eigenvalue weighted by atomic mass is 32.1. The second-order valence-electron chi connectivity index (χ2n) is 6.24. The highest BCUT2D eigenvalue weighted by Crippen LogP contribution is 2.20. The molecule has 0 unspecified atom stereocenters. The smallest absolute Gasteiger partial charge is 0.325 e. The van der Waals surface area contributed by atoms with Gasteiger partial charge in [-0.05, 0) is 36.6 Å². The van der Waals surface area contributed by atoms with Gasteiger partial charge in [0.05, 0.1) is 17.3 Å². The molecular weight excluding hydrogens is 364 g/mol. The fourth-order valence-electron chi connectivity index (χ4n) is 2.76. The van der Waals surface area contributed by atoms with E-state index in [0.717, 1.165) is 29.5 Å². The van der Waals surface area contributed by atoms with E-state index in [1.807, 2.05) is 6.07 Å². The predicted octanol–water partition coefficient (Wildman–Crippen LogP) is 2.69. The summed E-state index contributed by atoms with van der Waals surface area (Å²) in [7, 11) is 3.08. The van der Waals surface area contributed by atoms with E-state index in [1.165, 1.54) is 24.0 Å². The Morgan fingerprint density at radius 2 is 2.11 bits per heavy atom. The second kappa shape index (κ2) is 8.30. The van der Waals surface area contributed by atoms with Gasteiger partial charge in [0.1, 0.15) is 6.54 Å². The minimum atomic E-state index is -0.438. The maximum atomic E-state index is 12.5. The molecule has 142 valence electrons. The van der Waals surface area contributed by atoms with E-state index in [9.17, 15) is 9.59 Å². The molecule has 27 heavy (non-hydrogen) atoms. The Hall–Kier alpha value is -2.74. The summed E-state index contributed by atoms with van der Waals surface area (Å²) in [5.74, 6) is -0.830. The summed E-state index contributed by atoms with van der Waals surface area (Å²) in [6.07, 6.45) is 4.94. The van der Waals surface area contributed by atoms with Gasteiger partial charge < -0.3 is 9.30 Å². The maximum absolute atomic E-state index is 12.5. The van der Waals surface area contributed by atoms with Crippen LogP contribution in [-0.4, -0.2) is 33.3 Å². The number of hydrogen-bond donors (Lipinski definition) is 0. The van der Waals surface area contributed by atoms with Crippen LogP contribution in [-0.2, 0) is 29.5 Å². The molecule has 0 atom stereocenters. The predicted molar refractivity (Wildman–Crippen MR) is 104 cm³/mol. The highest BCUT2D eigenvalue weighted by molar-refractivity contribution is 7.16. The third-order valence-corrected chi connectivity index (χ3v) is 5.25. The number of esters is 1. The van der Waals surface area contributed by atoms with Crippen molar-refractivity contribution >= 4 is 33.4 Å². The first kappa shape index (κ1) is 19.0. The van der Waals surface area contributed by atoms with Gasteiger partial charge in [0.25, 0.3) is 5.91 Å². The van der Waals surface area contributed by atoms with E-state index < -0.39 is 11.9 Å². The third kappa shape index (κ3) is 4.33. The van der Waals surface area contributed by atoms with Crippen molar-refractivity contribution in [1.82, 2.24) is 14.3 Å². The third-order valence-electron chi connectivity index (χ3n) is 4.21. The van der Waals surface area contributed by atoms with Crippen LogP contribution in [0.3, 0.4) is 0 Å². The molecule has 0 aliphatic carbocycles. The lowest BCUT2D eigenvalue weighted by atomic mass is 10.1. The number of carbonyl (C=O) groups is 2. The van der Waals surface area contributed by atoms with Crippen LogP contribution in [0.15, 0.2) is 35.5 Å². The number of benzene rings is 1. The number of aryl methyl sites for hydroxylation is 2. The molecule has 3 aromatic rings. The van der Waals surface area contributed by atoms with E-state index in [-0.39, 0.29) is 12.2 Å². The highest BCUT2D eigenvalue weighted by Gasteiger charge is 2.14. The van der Waals surface area contributed by atoms with Crippen molar-refractivity contribution in [2.45, 2.75) is 32.7 Å². The van der Waals surface area contributed by atoms with Crippen LogP contribution in [0, 0.1) is 0 Å². The number of nitrogens with zero attached hydrogens (tertiary/aromatic N) is 4. The summed E-state index contributed by atoms with van der Waals surface area (Å²) < 4.78 is 9.06. The largest absolute Gasteiger partial charge is 0.468 e. The van der Waals surface area contributed by atoms with Crippen LogP contribution in [0.4, 0.5) is 0 Å². The molecule has 0 spiro atoms. The first-order valence-electron chi connectivity index (χ1n) is 8.79. The lowest BCUT2D eigenvalue weighted by molar-refractivity contribution is -0.141. The van der Waals surface area contributed by atoms with E-state index in [4.69, 9.17) is 4.74 Å². The number of aromatic nitrogens is 3. The Morgan fingerprint density at radius 3 is 2.78 bits per heavy atom. The van der Waals surface area contributed by atoms with Crippen LogP contribution in [0.5, 0.6) is 0 Å². The molecule has 2 aromatic heterocycles. The number of carbonyl (C=O) groups excluding carboxylic acids is 2. The molecule has 0 radical (unpaired) electrons. The summed E-state index contributed by atoms with van der Waals surface area (Å²) in [4.78, 5) is 29.0. The molecule has 0 aliphatic heterocycles. The molecule has 0 aliphatic rings. The molecule has 0 fully saturated rings. The minimum Gasteiger partial charge on any atom is -0.468 e. The molecule has 1 amide bonds. The molecule has 3 rings (SSSR count). The second-order valence-corrected chi connectivity index (χ2v) is 7.25. The summed E-state index contributed by atoms with van der Waals surface area (Å²) in [5, 5.41) is 4.09. The lowest BCUT2D eigenvalue weighted by Gasteiger charge is -2.04. The topological polar surface area (TPSA) is 78.5 Å². The Morgan fingerprint density at radius 1 is 1.30 bits per heavy atom. The standard InChI is InChI=1S/C19H22N4O3S/c1-4-5-6-13-7-8-15-16(11-13)27-19(23(15)12-17(24)26-3)20-18(25)14-9-10-22(2)21-14/h7-11H,4-6,12H2,1-3H3. The van der Waals surface area contributed by atoms with Gasteiger partial charge in [-0.3, -0.25) is 14.3 Å². The zero-order valence-corrected chi connectivity index (χ0v) is 16.5. The monoisotopic (exact) mass is 386 g/mol. The summed E-state index contributed by atoms with van der Waals surface area (Å²) in [6.45, 7) is 2.16. The molecule has 0 N–H and O–H groups in total. The summed E-state index contributed by atoms with van der Waals surface area (Å²) in [5.41, 5.74) is 2.36. The molecule has 0 saturated heterocycles. The average molecular weight is 386 g/mol. The molecule has 7 nitrogen and oxygen atoms in total. The molecule has 0 bridgehead atoms. The van der Waals surface area contributed by atoms with Gasteiger partial charge >= 0.3 is 5.97 Å². The quantitative estimate of drug-likeness (QED) is 0.610. The first-order valence-corrected chi connectivity index (χ1v) is 9.61. The minimum absolute atomic E-state index is 0.000855. The lowest BCUT2D eigenvalue weighted by Crippen LogP contribution is -2.22. The van der Waals surface area contributed by atoms with Crippen molar-refractivity contribution in [3.05, 3.63) is 46.5 Å². The van der Waals surface area contributed by atoms with Crippen LogP contribution in [0.1, 0.15) is 35.8 Å². The van der Waals surface area contributed by atoms with Crippen LogP contribution < -0.4 is 4.80 Å². The molecule has 8 heteroatoms. The van der Waals surface area contributed by atoms with Crippen molar-refractivity contribution in [3.8, 4) is 0 Å².